The lowest BCUT2D eigenvalue weighted by atomic mass is 10.1. The summed E-state index contributed by atoms with van der Waals surface area (Å²) in [5.74, 6) is -0.339. The van der Waals surface area contributed by atoms with Crippen molar-refractivity contribution in [2.75, 3.05) is 6.61 Å². The van der Waals surface area contributed by atoms with Crippen LogP contribution in [0.3, 0.4) is 0 Å². The third-order valence-electron chi connectivity index (χ3n) is 5.34. The zero-order chi connectivity index (χ0) is 25.2. The monoisotopic (exact) mass is 522 g/mol. The van der Waals surface area contributed by atoms with Gasteiger partial charge in [0.1, 0.15) is 5.75 Å². The van der Waals surface area contributed by atoms with E-state index in [0.29, 0.717) is 33.6 Å². The smallest absolute Gasteiger partial charge is 0.416 e. The van der Waals surface area contributed by atoms with Gasteiger partial charge in [-0.3, -0.25) is 4.79 Å². The number of hydrogen-bond acceptors (Lipinski definition) is 5. The quantitative estimate of drug-likeness (QED) is 0.366. The maximum absolute atomic E-state index is 13.3. The first kappa shape index (κ1) is 25.1. The van der Waals surface area contributed by atoms with Gasteiger partial charge in [-0.2, -0.15) is 13.2 Å². The normalized spacial score (nSPS) is 14.0. The van der Waals surface area contributed by atoms with Gasteiger partial charge >= 0.3 is 12.1 Å². The maximum Gasteiger partial charge on any atom is 0.416 e. The fraction of sp³-hybridized carbons (Fsp3) is 0.240. The van der Waals surface area contributed by atoms with E-state index in [1.807, 2.05) is 0 Å². The van der Waals surface area contributed by atoms with Crippen LogP contribution in [0.4, 0.5) is 13.2 Å². The second-order valence-corrected chi connectivity index (χ2v) is 11.3. The van der Waals surface area contributed by atoms with Crippen molar-refractivity contribution in [2.45, 2.75) is 45.0 Å². The number of benzene rings is 3. The van der Waals surface area contributed by atoms with Crippen molar-refractivity contribution in [1.29, 1.82) is 0 Å². The van der Waals surface area contributed by atoms with E-state index in [4.69, 9.17) is 9.84 Å². The average Bonchev–Trinajstić information content (AvgIpc) is 3.62. The zero-order valence-corrected chi connectivity index (χ0v) is 19.9. The molecule has 0 saturated heterocycles. The summed E-state index contributed by atoms with van der Waals surface area (Å²) < 4.78 is 70.4. The molecule has 1 fully saturated rings. The van der Waals surface area contributed by atoms with Crippen molar-refractivity contribution >= 4 is 27.6 Å². The van der Waals surface area contributed by atoms with Crippen molar-refractivity contribution in [3.8, 4) is 5.75 Å². The minimum absolute atomic E-state index is 0.00915. The third kappa shape index (κ3) is 6.58. The first-order chi connectivity index (χ1) is 16.5. The topological polar surface area (TPSA) is 80.7 Å². The molecule has 1 aliphatic rings. The van der Waals surface area contributed by atoms with Gasteiger partial charge in [0.15, 0.2) is 0 Å². The molecule has 4 rings (SSSR count). The molecule has 0 atom stereocenters. The van der Waals surface area contributed by atoms with Gasteiger partial charge in [0.2, 0.25) is 9.84 Å². The second kappa shape index (κ2) is 9.94. The van der Waals surface area contributed by atoms with Crippen LogP contribution in [0.5, 0.6) is 5.75 Å². The SMILES string of the molecule is O=C(O)Cc1cc(OCC2CC2)cc(S(=O)(=O)c2ccc(Sc3ccc(C(F)(F)F)cc3)cc2)c1. The minimum Gasteiger partial charge on any atom is -0.493 e. The van der Waals surface area contributed by atoms with Crippen LogP contribution in [0.15, 0.2) is 86.3 Å². The maximum atomic E-state index is 13.3. The number of sulfone groups is 1. The van der Waals surface area contributed by atoms with E-state index in [2.05, 4.69) is 0 Å². The molecule has 0 aromatic heterocycles. The van der Waals surface area contributed by atoms with E-state index in [0.717, 1.165) is 25.0 Å². The third-order valence-corrected chi connectivity index (χ3v) is 8.10. The molecule has 1 aliphatic carbocycles. The number of ether oxygens (including phenoxy) is 1. The molecular formula is C25H21F3O5S2. The van der Waals surface area contributed by atoms with Crippen molar-refractivity contribution in [3.63, 3.8) is 0 Å². The lowest BCUT2D eigenvalue weighted by Gasteiger charge is -2.12. The van der Waals surface area contributed by atoms with Crippen LogP contribution >= 0.6 is 11.8 Å². The first-order valence-corrected chi connectivity index (χ1v) is 13.0. The summed E-state index contributed by atoms with van der Waals surface area (Å²) >= 11 is 1.20. The predicted octanol–water partition coefficient (Wildman–Crippen LogP) is 6.11. The molecule has 10 heteroatoms. The Morgan fingerprint density at radius 1 is 0.943 bits per heavy atom. The van der Waals surface area contributed by atoms with E-state index < -0.39 is 27.5 Å². The highest BCUT2D eigenvalue weighted by Crippen LogP contribution is 2.35. The number of aliphatic carboxylic acids is 1. The molecule has 1 N–H and O–H groups in total. The van der Waals surface area contributed by atoms with Gasteiger partial charge in [-0.1, -0.05) is 11.8 Å². The molecule has 0 bridgehead atoms. The summed E-state index contributed by atoms with van der Waals surface area (Å²) in [7, 11) is -3.96. The molecule has 3 aromatic carbocycles. The number of hydrogen-bond donors (Lipinski definition) is 1. The van der Waals surface area contributed by atoms with Crippen LogP contribution < -0.4 is 4.74 Å². The van der Waals surface area contributed by atoms with E-state index in [9.17, 15) is 26.4 Å². The number of halogens is 3. The molecule has 3 aromatic rings. The Morgan fingerprint density at radius 3 is 2.09 bits per heavy atom. The first-order valence-electron chi connectivity index (χ1n) is 10.7. The van der Waals surface area contributed by atoms with Gasteiger partial charge in [0, 0.05) is 9.79 Å². The Morgan fingerprint density at radius 2 is 1.54 bits per heavy atom. The highest BCUT2D eigenvalue weighted by Gasteiger charge is 2.30. The molecule has 184 valence electrons. The lowest BCUT2D eigenvalue weighted by molar-refractivity contribution is -0.138. The molecule has 0 radical (unpaired) electrons. The average molecular weight is 523 g/mol. The van der Waals surface area contributed by atoms with Crippen LogP contribution in [-0.2, 0) is 27.2 Å². The Labute approximate surface area is 204 Å². The molecule has 0 amide bonds. The van der Waals surface area contributed by atoms with Gasteiger partial charge in [-0.05, 0) is 91.1 Å². The van der Waals surface area contributed by atoms with Crippen LogP contribution in [0.1, 0.15) is 24.0 Å². The van der Waals surface area contributed by atoms with E-state index in [-0.39, 0.29) is 16.2 Å². The molecule has 5 nitrogen and oxygen atoms in total. The Kier molecular flexibility index (Phi) is 7.14. The Bertz CT molecular complexity index is 1310. The van der Waals surface area contributed by atoms with E-state index in [1.165, 1.54) is 48.2 Å². The van der Waals surface area contributed by atoms with Crippen LogP contribution in [-0.4, -0.2) is 26.1 Å². The van der Waals surface area contributed by atoms with Gasteiger partial charge in [-0.15, -0.1) is 0 Å². The zero-order valence-electron chi connectivity index (χ0n) is 18.3. The Hall–Kier alpha value is -2.98. The number of carboxylic acid groups (broad SMARTS) is 1. The number of carbonyl (C=O) groups is 1. The summed E-state index contributed by atoms with van der Waals surface area (Å²) in [6.45, 7) is 0.450. The molecule has 0 aliphatic heterocycles. The number of carboxylic acids is 1. The Balaban J connectivity index is 1.54. The molecule has 1 saturated carbocycles. The minimum atomic E-state index is -4.41. The summed E-state index contributed by atoms with van der Waals surface area (Å²) in [5.41, 5.74) is -0.423. The van der Waals surface area contributed by atoms with Gasteiger partial charge in [0.05, 0.1) is 28.4 Å². The van der Waals surface area contributed by atoms with E-state index in [1.54, 1.807) is 18.2 Å². The summed E-state index contributed by atoms with van der Waals surface area (Å²) in [5, 5.41) is 9.15. The molecular weight excluding hydrogens is 501 g/mol. The predicted molar refractivity (Wildman–Crippen MR) is 123 cm³/mol. The van der Waals surface area contributed by atoms with Crippen LogP contribution in [0, 0.1) is 5.92 Å². The van der Waals surface area contributed by atoms with Gasteiger partial charge < -0.3 is 9.84 Å². The summed E-state index contributed by atoms with van der Waals surface area (Å²) in [6.07, 6.45) is -2.65. The largest absolute Gasteiger partial charge is 0.493 e. The van der Waals surface area contributed by atoms with Crippen molar-refractivity contribution < 1.29 is 36.2 Å². The van der Waals surface area contributed by atoms with Crippen molar-refractivity contribution in [3.05, 3.63) is 77.9 Å². The van der Waals surface area contributed by atoms with Gasteiger partial charge in [0.25, 0.3) is 0 Å². The van der Waals surface area contributed by atoms with Gasteiger partial charge in [-0.25, -0.2) is 8.42 Å². The number of rotatable bonds is 9. The van der Waals surface area contributed by atoms with Crippen molar-refractivity contribution in [2.24, 2.45) is 5.92 Å². The highest BCUT2D eigenvalue weighted by molar-refractivity contribution is 7.99. The van der Waals surface area contributed by atoms with E-state index >= 15 is 0 Å². The molecule has 0 spiro atoms. The fourth-order valence-electron chi connectivity index (χ4n) is 3.32. The molecule has 0 heterocycles. The fourth-order valence-corrected chi connectivity index (χ4v) is 5.48. The highest BCUT2D eigenvalue weighted by atomic mass is 32.2. The van der Waals surface area contributed by atoms with Crippen molar-refractivity contribution in [1.82, 2.24) is 0 Å². The van der Waals surface area contributed by atoms with Crippen LogP contribution in [0.25, 0.3) is 0 Å². The lowest BCUT2D eigenvalue weighted by Crippen LogP contribution is -2.07. The molecule has 0 unspecified atom stereocenters. The number of alkyl halides is 3. The summed E-state index contributed by atoms with van der Waals surface area (Å²) in [6, 6.07) is 14.9. The molecule has 35 heavy (non-hydrogen) atoms. The summed E-state index contributed by atoms with van der Waals surface area (Å²) in [4.78, 5) is 12.4. The second-order valence-electron chi connectivity index (χ2n) is 8.24. The standard InChI is InChI=1S/C25H21F3O5S2/c26-25(27,28)18-3-5-20(6-4-18)34-21-7-9-22(10-8-21)35(31,32)23-12-17(13-24(29)30)11-19(14-23)33-15-16-1-2-16/h3-12,14,16H,1-2,13,15H2,(H,29,30). The van der Waals surface area contributed by atoms with Crippen LogP contribution in [0.2, 0.25) is 0 Å².